The van der Waals surface area contributed by atoms with Crippen molar-refractivity contribution in [2.24, 2.45) is 0 Å². The normalized spacial score (nSPS) is 14.8. The number of aryl methyl sites for hydroxylation is 1. The van der Waals surface area contributed by atoms with E-state index in [0.717, 1.165) is 31.7 Å². The minimum atomic E-state index is -2.34. The van der Waals surface area contributed by atoms with Crippen molar-refractivity contribution >= 4 is 33.9 Å². The lowest BCUT2D eigenvalue weighted by Gasteiger charge is -2.16. The average Bonchev–Trinajstić information content (AvgIpc) is 3.31. The van der Waals surface area contributed by atoms with Gasteiger partial charge in [-0.2, -0.15) is 0 Å². The van der Waals surface area contributed by atoms with Gasteiger partial charge < -0.3 is 9.45 Å². The van der Waals surface area contributed by atoms with E-state index in [1.54, 1.807) is 36.5 Å². The van der Waals surface area contributed by atoms with Crippen LogP contribution in [0.1, 0.15) is 40.7 Å². The van der Waals surface area contributed by atoms with Gasteiger partial charge in [-0.25, -0.2) is 14.1 Å². The lowest BCUT2D eigenvalue weighted by atomic mass is 9.98. The lowest BCUT2D eigenvalue weighted by molar-refractivity contribution is 0.103. The molecule has 162 valence electrons. The first-order chi connectivity index (χ1) is 15.0. The maximum absolute atomic E-state index is 15.0. The molecule has 0 spiro atoms. The molecule has 0 bridgehead atoms. The van der Waals surface area contributed by atoms with E-state index in [4.69, 9.17) is 0 Å². The summed E-state index contributed by atoms with van der Waals surface area (Å²) in [5.74, 6) is -0.212. The molecule has 1 N–H and O–H groups in total. The van der Waals surface area contributed by atoms with Crippen LogP contribution >= 0.6 is 0 Å². The van der Waals surface area contributed by atoms with Gasteiger partial charge in [0.05, 0.1) is 22.8 Å². The molecule has 0 saturated carbocycles. The summed E-state index contributed by atoms with van der Waals surface area (Å²) in [6, 6.07) is 9.71. The number of nitrogens with zero attached hydrogens (tertiary/aromatic N) is 3. The molecule has 0 aliphatic carbocycles. The second-order valence-electron chi connectivity index (χ2n) is 7.47. The predicted octanol–water partition coefficient (Wildman–Crippen LogP) is 2.92. The Morgan fingerprint density at radius 2 is 2.00 bits per heavy atom. The highest BCUT2D eigenvalue weighted by Gasteiger charge is 2.18. The van der Waals surface area contributed by atoms with Crippen LogP contribution in [-0.4, -0.2) is 44.1 Å². The Balaban J connectivity index is 1.57. The van der Waals surface area contributed by atoms with Crippen LogP contribution in [0.5, 0.6) is 0 Å². The number of halogens is 1. The summed E-state index contributed by atoms with van der Waals surface area (Å²) in [5, 5.41) is 0. The number of hydrogen-bond acceptors (Lipinski definition) is 6. The zero-order valence-corrected chi connectivity index (χ0v) is 17.7. The maximum Gasteiger partial charge on any atom is 0.196 e. The first kappa shape index (κ1) is 21.5. The van der Waals surface area contributed by atoms with Gasteiger partial charge >= 0.3 is 0 Å². The molecular formula is C22H22FN4O3S-. The Kier molecular flexibility index (Phi) is 6.64. The van der Waals surface area contributed by atoms with Crippen molar-refractivity contribution in [3.8, 4) is 0 Å². The Hall–Kier alpha value is -2.75. The van der Waals surface area contributed by atoms with E-state index in [1.807, 2.05) is 0 Å². The van der Waals surface area contributed by atoms with E-state index in [1.165, 1.54) is 6.07 Å². The highest BCUT2D eigenvalue weighted by molar-refractivity contribution is 7.77. The number of fused-ring (bicyclic) bond motifs is 1. The third-order valence-electron chi connectivity index (χ3n) is 5.39. The van der Waals surface area contributed by atoms with Crippen molar-refractivity contribution in [2.45, 2.75) is 25.7 Å². The van der Waals surface area contributed by atoms with Crippen LogP contribution in [0.2, 0.25) is 0 Å². The largest absolute Gasteiger partial charge is 0.760 e. The van der Waals surface area contributed by atoms with Gasteiger partial charge in [-0.05, 0) is 55.5 Å². The van der Waals surface area contributed by atoms with Gasteiger partial charge in [0.2, 0.25) is 0 Å². The summed E-state index contributed by atoms with van der Waals surface area (Å²) in [6.45, 7) is 2.09. The van der Waals surface area contributed by atoms with Crippen molar-refractivity contribution in [3.63, 3.8) is 0 Å². The molecule has 2 heterocycles. The Labute approximate surface area is 182 Å². The first-order valence-corrected chi connectivity index (χ1v) is 11.3. The molecule has 9 heteroatoms. The molecule has 1 unspecified atom stereocenters. The monoisotopic (exact) mass is 441 g/mol. The number of rotatable bonds is 8. The molecule has 3 aromatic rings. The highest BCUT2D eigenvalue weighted by Crippen LogP contribution is 2.23. The van der Waals surface area contributed by atoms with Gasteiger partial charge in [0, 0.05) is 36.5 Å². The summed E-state index contributed by atoms with van der Waals surface area (Å²) < 4.78 is 38.3. The van der Waals surface area contributed by atoms with Gasteiger partial charge in [-0.1, -0.05) is 12.1 Å². The smallest absolute Gasteiger partial charge is 0.196 e. The summed E-state index contributed by atoms with van der Waals surface area (Å²) in [7, 11) is 0. The SMILES string of the molecule is O=C(c1ccc2ncc(N3CCCC3)nc2c1)c1cccc(CCCNS(=O)[O-])c1F. The molecule has 2 aromatic carbocycles. The number of carbonyl (C=O) groups excluding carboxylic acids is 1. The Morgan fingerprint density at radius 3 is 2.77 bits per heavy atom. The fourth-order valence-electron chi connectivity index (χ4n) is 3.78. The van der Waals surface area contributed by atoms with Crippen LogP contribution in [0.15, 0.2) is 42.6 Å². The zero-order valence-electron chi connectivity index (χ0n) is 16.8. The predicted molar refractivity (Wildman–Crippen MR) is 116 cm³/mol. The van der Waals surface area contributed by atoms with Gasteiger partial charge in [-0.15, -0.1) is 0 Å². The number of anilines is 1. The molecule has 4 rings (SSSR count). The highest BCUT2D eigenvalue weighted by atomic mass is 32.2. The summed E-state index contributed by atoms with van der Waals surface area (Å²) >= 11 is -2.34. The van der Waals surface area contributed by atoms with Crippen LogP contribution in [0.3, 0.4) is 0 Å². The standard InChI is InChI=1S/C22H23FN4O3S/c23-21-15(6-4-10-25-31(29)30)5-3-7-17(21)22(28)16-8-9-18-19(13-16)26-20(14-24-18)27-11-1-2-12-27/h3,5,7-9,13-14,25H,1-2,4,6,10-12H2,(H,29,30)/p-1. The van der Waals surface area contributed by atoms with Crippen molar-refractivity contribution in [3.05, 3.63) is 65.1 Å². The van der Waals surface area contributed by atoms with E-state index in [2.05, 4.69) is 19.6 Å². The van der Waals surface area contributed by atoms with Crippen molar-refractivity contribution < 1.29 is 17.9 Å². The van der Waals surface area contributed by atoms with Gasteiger partial charge in [0.15, 0.2) is 5.78 Å². The van der Waals surface area contributed by atoms with Crippen molar-refractivity contribution in [1.29, 1.82) is 0 Å². The number of nitrogens with one attached hydrogen (secondary N) is 1. The van der Waals surface area contributed by atoms with E-state index < -0.39 is 22.9 Å². The van der Waals surface area contributed by atoms with Gasteiger partial charge in [-0.3, -0.25) is 14.0 Å². The van der Waals surface area contributed by atoms with Crippen molar-refractivity contribution in [1.82, 2.24) is 14.7 Å². The second kappa shape index (κ2) is 9.59. The third-order valence-corrected chi connectivity index (χ3v) is 5.83. The zero-order chi connectivity index (χ0) is 21.8. The second-order valence-corrected chi connectivity index (χ2v) is 8.22. The molecule has 7 nitrogen and oxygen atoms in total. The molecule has 0 radical (unpaired) electrons. The molecule has 1 aliphatic heterocycles. The minimum absolute atomic E-state index is 0.0131. The number of aromatic nitrogens is 2. The molecule has 31 heavy (non-hydrogen) atoms. The third kappa shape index (κ3) is 4.95. The van der Waals surface area contributed by atoms with Crippen LogP contribution < -0.4 is 9.62 Å². The Morgan fingerprint density at radius 1 is 1.19 bits per heavy atom. The van der Waals surface area contributed by atoms with E-state index in [0.29, 0.717) is 35.0 Å². The van der Waals surface area contributed by atoms with E-state index in [9.17, 15) is 17.9 Å². The molecule has 1 aliphatic rings. The summed E-state index contributed by atoms with van der Waals surface area (Å²) in [6.07, 6.45) is 4.74. The molecule has 1 atom stereocenters. The molecular weight excluding hydrogens is 419 g/mol. The van der Waals surface area contributed by atoms with E-state index in [-0.39, 0.29) is 12.1 Å². The average molecular weight is 442 g/mol. The summed E-state index contributed by atoms with van der Waals surface area (Å²) in [4.78, 5) is 24.3. The quantitative estimate of drug-likeness (QED) is 0.328. The van der Waals surface area contributed by atoms with Gasteiger partial charge in [0.25, 0.3) is 0 Å². The fraction of sp³-hybridized carbons (Fsp3) is 0.318. The number of benzene rings is 2. The number of carbonyl (C=O) groups is 1. The summed E-state index contributed by atoms with van der Waals surface area (Å²) in [5.41, 5.74) is 1.99. The molecule has 1 fully saturated rings. The number of hydrogen-bond donors (Lipinski definition) is 1. The molecule has 1 saturated heterocycles. The molecule has 0 amide bonds. The van der Waals surface area contributed by atoms with Crippen molar-refractivity contribution in [2.75, 3.05) is 24.5 Å². The fourth-order valence-corrected chi connectivity index (χ4v) is 4.09. The van der Waals surface area contributed by atoms with Crippen LogP contribution in [0, 0.1) is 5.82 Å². The lowest BCUT2D eigenvalue weighted by Crippen LogP contribution is -2.19. The molecule has 1 aromatic heterocycles. The van der Waals surface area contributed by atoms with Gasteiger partial charge in [0.1, 0.15) is 11.6 Å². The van der Waals surface area contributed by atoms with E-state index >= 15 is 0 Å². The van der Waals surface area contributed by atoms with Crippen LogP contribution in [0.25, 0.3) is 11.0 Å². The van der Waals surface area contributed by atoms with Crippen LogP contribution in [-0.2, 0) is 17.7 Å². The maximum atomic E-state index is 15.0. The first-order valence-electron chi connectivity index (χ1n) is 10.2. The minimum Gasteiger partial charge on any atom is -0.760 e. The topological polar surface area (TPSA) is 98.2 Å². The van der Waals surface area contributed by atoms with Crippen LogP contribution in [0.4, 0.5) is 10.2 Å². The Bertz CT molecular complexity index is 1130. The number of ketones is 1.